The first-order chi connectivity index (χ1) is 9.83. The quantitative estimate of drug-likeness (QED) is 0.864. The molecule has 1 saturated heterocycles. The first-order valence-electron chi connectivity index (χ1n) is 6.49. The standard InChI is InChI=1S/C12H15N5O2S/c18-12(13-1-2-17-3-5-19-6-4-17)9-7-10-11(14-8-9)16-20-15-10/h7-8H,1-6H2,(H,13,18). The van der Waals surface area contributed by atoms with Crippen molar-refractivity contribution in [2.75, 3.05) is 39.4 Å². The molecule has 20 heavy (non-hydrogen) atoms. The Morgan fingerprint density at radius 1 is 1.40 bits per heavy atom. The minimum atomic E-state index is -0.124. The molecule has 106 valence electrons. The molecule has 1 aliphatic heterocycles. The third-order valence-corrected chi connectivity index (χ3v) is 3.73. The van der Waals surface area contributed by atoms with Gasteiger partial charge in [-0.2, -0.15) is 8.75 Å². The molecule has 1 N–H and O–H groups in total. The largest absolute Gasteiger partial charge is 0.379 e. The van der Waals surface area contributed by atoms with Gasteiger partial charge >= 0.3 is 0 Å². The maximum atomic E-state index is 12.0. The molecule has 0 bridgehead atoms. The normalized spacial score (nSPS) is 16.4. The number of nitrogens with one attached hydrogen (secondary N) is 1. The van der Waals surface area contributed by atoms with Gasteiger partial charge in [0.15, 0.2) is 5.65 Å². The van der Waals surface area contributed by atoms with Crippen molar-refractivity contribution in [3.05, 3.63) is 17.8 Å². The molecular formula is C12H15N5O2S. The molecule has 3 heterocycles. The predicted molar refractivity (Wildman–Crippen MR) is 74.8 cm³/mol. The van der Waals surface area contributed by atoms with Crippen molar-refractivity contribution < 1.29 is 9.53 Å². The fourth-order valence-corrected chi connectivity index (χ4v) is 2.55. The van der Waals surface area contributed by atoms with Crippen molar-refractivity contribution in [2.24, 2.45) is 0 Å². The van der Waals surface area contributed by atoms with Crippen molar-refractivity contribution in [1.82, 2.24) is 23.9 Å². The molecule has 1 fully saturated rings. The van der Waals surface area contributed by atoms with Gasteiger partial charge in [-0.1, -0.05) is 0 Å². The van der Waals surface area contributed by atoms with Gasteiger partial charge in [-0.3, -0.25) is 9.69 Å². The van der Waals surface area contributed by atoms with Crippen LogP contribution in [0, 0.1) is 0 Å². The Labute approximate surface area is 120 Å². The summed E-state index contributed by atoms with van der Waals surface area (Å²) in [5.74, 6) is -0.124. The number of pyridine rings is 1. The van der Waals surface area contributed by atoms with Gasteiger partial charge in [-0.15, -0.1) is 0 Å². The van der Waals surface area contributed by atoms with Crippen LogP contribution >= 0.6 is 11.7 Å². The van der Waals surface area contributed by atoms with Crippen LogP contribution in [0.15, 0.2) is 12.3 Å². The summed E-state index contributed by atoms with van der Waals surface area (Å²) in [6.07, 6.45) is 1.54. The molecule has 0 spiro atoms. The second-order valence-electron chi connectivity index (χ2n) is 4.54. The van der Waals surface area contributed by atoms with Gasteiger partial charge in [-0.25, -0.2) is 4.98 Å². The number of morpholine rings is 1. The van der Waals surface area contributed by atoms with Gasteiger partial charge < -0.3 is 10.1 Å². The first-order valence-corrected chi connectivity index (χ1v) is 7.22. The van der Waals surface area contributed by atoms with Crippen LogP contribution < -0.4 is 5.32 Å². The number of carbonyl (C=O) groups excluding carboxylic acids is 1. The number of nitrogens with zero attached hydrogens (tertiary/aromatic N) is 4. The van der Waals surface area contributed by atoms with Gasteiger partial charge in [0.2, 0.25) is 0 Å². The number of ether oxygens (including phenoxy) is 1. The molecule has 1 aliphatic rings. The molecule has 3 rings (SSSR count). The van der Waals surface area contributed by atoms with Crippen molar-refractivity contribution in [1.29, 1.82) is 0 Å². The van der Waals surface area contributed by atoms with Gasteiger partial charge in [0.1, 0.15) is 5.52 Å². The average molecular weight is 293 g/mol. The number of carbonyl (C=O) groups is 1. The maximum Gasteiger partial charge on any atom is 0.252 e. The van der Waals surface area contributed by atoms with E-state index in [-0.39, 0.29) is 5.91 Å². The van der Waals surface area contributed by atoms with Crippen molar-refractivity contribution in [2.45, 2.75) is 0 Å². The molecule has 0 unspecified atom stereocenters. The van der Waals surface area contributed by atoms with Crippen molar-refractivity contribution in [3.63, 3.8) is 0 Å². The SMILES string of the molecule is O=C(NCCN1CCOCC1)c1cnc2nsnc2c1. The van der Waals surface area contributed by atoms with E-state index in [0.717, 1.165) is 44.6 Å². The lowest BCUT2D eigenvalue weighted by Crippen LogP contribution is -2.41. The van der Waals surface area contributed by atoms with E-state index >= 15 is 0 Å². The second kappa shape index (κ2) is 6.21. The van der Waals surface area contributed by atoms with E-state index in [1.54, 1.807) is 6.07 Å². The molecular weight excluding hydrogens is 278 g/mol. The fourth-order valence-electron chi connectivity index (χ4n) is 2.07. The Balaban J connectivity index is 1.53. The zero-order valence-electron chi connectivity index (χ0n) is 10.9. The van der Waals surface area contributed by atoms with Crippen LogP contribution in [-0.4, -0.2) is 63.9 Å². The third-order valence-electron chi connectivity index (χ3n) is 3.19. The topological polar surface area (TPSA) is 80.2 Å². The average Bonchev–Trinajstić information content (AvgIpc) is 2.95. The minimum absolute atomic E-state index is 0.124. The summed E-state index contributed by atoms with van der Waals surface area (Å²) in [4.78, 5) is 18.4. The van der Waals surface area contributed by atoms with E-state index < -0.39 is 0 Å². The van der Waals surface area contributed by atoms with Crippen LogP contribution in [-0.2, 0) is 4.74 Å². The van der Waals surface area contributed by atoms with Crippen molar-refractivity contribution >= 4 is 28.8 Å². The highest BCUT2D eigenvalue weighted by molar-refractivity contribution is 7.00. The Kier molecular flexibility index (Phi) is 4.14. The Hall–Kier alpha value is -1.64. The van der Waals surface area contributed by atoms with E-state index in [1.165, 1.54) is 6.20 Å². The third kappa shape index (κ3) is 3.09. The Bertz CT molecular complexity index is 596. The lowest BCUT2D eigenvalue weighted by molar-refractivity contribution is 0.0383. The monoisotopic (exact) mass is 293 g/mol. The van der Waals surface area contributed by atoms with Gasteiger partial charge in [0, 0.05) is 32.4 Å². The molecule has 0 aliphatic carbocycles. The molecule has 0 atom stereocenters. The zero-order chi connectivity index (χ0) is 13.8. The highest BCUT2D eigenvalue weighted by Gasteiger charge is 2.12. The number of hydrogen-bond acceptors (Lipinski definition) is 7. The van der Waals surface area contributed by atoms with Crippen LogP contribution in [0.3, 0.4) is 0 Å². The molecule has 2 aromatic heterocycles. The lowest BCUT2D eigenvalue weighted by atomic mass is 10.2. The number of hydrogen-bond donors (Lipinski definition) is 1. The van der Waals surface area contributed by atoms with E-state index in [4.69, 9.17) is 4.74 Å². The fraction of sp³-hybridized carbons (Fsp3) is 0.500. The summed E-state index contributed by atoms with van der Waals surface area (Å²) >= 11 is 1.10. The van der Waals surface area contributed by atoms with E-state index in [9.17, 15) is 4.79 Å². The highest BCUT2D eigenvalue weighted by atomic mass is 32.1. The molecule has 8 heteroatoms. The summed E-state index contributed by atoms with van der Waals surface area (Å²) in [5, 5.41) is 2.90. The van der Waals surface area contributed by atoms with Crippen LogP contribution in [0.2, 0.25) is 0 Å². The van der Waals surface area contributed by atoms with Crippen LogP contribution in [0.1, 0.15) is 10.4 Å². The summed E-state index contributed by atoms with van der Waals surface area (Å²) < 4.78 is 13.4. The number of amides is 1. The van der Waals surface area contributed by atoms with Gasteiger partial charge in [0.05, 0.1) is 30.5 Å². The molecule has 2 aromatic rings. The molecule has 7 nitrogen and oxygen atoms in total. The Morgan fingerprint density at radius 2 is 2.25 bits per heavy atom. The van der Waals surface area contributed by atoms with Gasteiger partial charge in [-0.05, 0) is 6.07 Å². The van der Waals surface area contributed by atoms with Crippen LogP contribution in [0.25, 0.3) is 11.2 Å². The summed E-state index contributed by atoms with van der Waals surface area (Å²) in [7, 11) is 0. The highest BCUT2D eigenvalue weighted by Crippen LogP contribution is 2.10. The predicted octanol–water partition coefficient (Wildman–Crippen LogP) is 0.148. The number of fused-ring (bicyclic) bond motifs is 1. The van der Waals surface area contributed by atoms with Crippen LogP contribution in [0.4, 0.5) is 0 Å². The zero-order valence-corrected chi connectivity index (χ0v) is 11.7. The molecule has 0 radical (unpaired) electrons. The first kappa shape index (κ1) is 13.3. The molecule has 0 saturated carbocycles. The summed E-state index contributed by atoms with van der Waals surface area (Å²) in [6, 6.07) is 1.72. The van der Waals surface area contributed by atoms with Crippen molar-refractivity contribution in [3.8, 4) is 0 Å². The van der Waals surface area contributed by atoms with E-state index in [2.05, 4.69) is 23.9 Å². The number of aromatic nitrogens is 3. The number of rotatable bonds is 4. The second-order valence-corrected chi connectivity index (χ2v) is 5.07. The van der Waals surface area contributed by atoms with E-state index in [1.807, 2.05) is 0 Å². The molecule has 0 aromatic carbocycles. The maximum absolute atomic E-state index is 12.0. The lowest BCUT2D eigenvalue weighted by Gasteiger charge is -2.26. The summed E-state index contributed by atoms with van der Waals surface area (Å²) in [5.41, 5.74) is 1.77. The van der Waals surface area contributed by atoms with Gasteiger partial charge in [0.25, 0.3) is 5.91 Å². The minimum Gasteiger partial charge on any atom is -0.379 e. The van der Waals surface area contributed by atoms with Crippen LogP contribution in [0.5, 0.6) is 0 Å². The Morgan fingerprint density at radius 3 is 3.10 bits per heavy atom. The summed E-state index contributed by atoms with van der Waals surface area (Å²) in [6.45, 7) is 4.84. The van der Waals surface area contributed by atoms with E-state index in [0.29, 0.717) is 23.3 Å². The molecule has 1 amide bonds. The smallest absolute Gasteiger partial charge is 0.252 e.